The summed E-state index contributed by atoms with van der Waals surface area (Å²) in [5.41, 5.74) is 8.77. The van der Waals surface area contributed by atoms with Crippen LogP contribution >= 0.6 is 0 Å². The number of benzene rings is 2. The van der Waals surface area contributed by atoms with Gasteiger partial charge in [0.15, 0.2) is 0 Å². The van der Waals surface area contributed by atoms with Crippen molar-refractivity contribution in [2.45, 2.75) is 83.7 Å². The minimum atomic E-state index is 0.184. The molecule has 0 spiro atoms. The molecule has 0 aromatic heterocycles. The smallest absolute Gasteiger partial charge is 0.0379 e. The van der Waals surface area contributed by atoms with Gasteiger partial charge >= 0.3 is 0 Å². The van der Waals surface area contributed by atoms with E-state index in [9.17, 15) is 0 Å². The molecule has 4 rings (SSSR count). The van der Waals surface area contributed by atoms with Gasteiger partial charge in [0.25, 0.3) is 0 Å². The summed E-state index contributed by atoms with van der Waals surface area (Å²) in [7, 11) is 0. The molecule has 2 heteroatoms. The first-order chi connectivity index (χ1) is 12.6. The first-order valence-electron chi connectivity index (χ1n) is 10.4. The summed E-state index contributed by atoms with van der Waals surface area (Å²) in [6.07, 6.45) is 3.37. The van der Waals surface area contributed by atoms with E-state index in [0.29, 0.717) is 11.8 Å². The van der Waals surface area contributed by atoms with E-state index in [-0.39, 0.29) is 11.1 Å². The molecule has 2 aromatic rings. The van der Waals surface area contributed by atoms with E-state index in [4.69, 9.17) is 0 Å². The number of hydrogen-bond acceptors (Lipinski definition) is 2. The Morgan fingerprint density at radius 1 is 0.741 bits per heavy atom. The number of anilines is 2. The Morgan fingerprint density at radius 2 is 1.15 bits per heavy atom. The molecule has 2 N–H and O–H groups in total. The van der Waals surface area contributed by atoms with Crippen molar-refractivity contribution in [3.8, 4) is 0 Å². The van der Waals surface area contributed by atoms with Crippen LogP contribution in [0.1, 0.15) is 88.5 Å². The van der Waals surface area contributed by atoms with Gasteiger partial charge in [0.2, 0.25) is 0 Å². The van der Waals surface area contributed by atoms with Gasteiger partial charge in [0.05, 0.1) is 0 Å². The maximum atomic E-state index is 3.70. The van der Waals surface area contributed by atoms with Crippen molar-refractivity contribution < 1.29 is 0 Å². The molecule has 0 bridgehead atoms. The fourth-order valence-corrected chi connectivity index (χ4v) is 5.31. The molecule has 27 heavy (non-hydrogen) atoms. The minimum Gasteiger partial charge on any atom is -0.380 e. The Hall–Kier alpha value is -1.96. The zero-order valence-corrected chi connectivity index (χ0v) is 17.7. The zero-order chi connectivity index (χ0) is 19.4. The molecule has 0 unspecified atom stereocenters. The van der Waals surface area contributed by atoms with Crippen molar-refractivity contribution in [3.05, 3.63) is 58.7 Å². The molecular formula is C25H34N2. The van der Waals surface area contributed by atoms with Crippen LogP contribution < -0.4 is 10.6 Å². The largest absolute Gasteiger partial charge is 0.380 e. The van der Waals surface area contributed by atoms with Gasteiger partial charge in [-0.3, -0.25) is 0 Å². The topological polar surface area (TPSA) is 24.1 Å². The quantitative estimate of drug-likeness (QED) is 0.623. The van der Waals surface area contributed by atoms with Crippen LogP contribution in [0, 0.1) is 0 Å². The lowest BCUT2D eigenvalue weighted by Gasteiger charge is -2.38. The van der Waals surface area contributed by atoms with Crippen molar-refractivity contribution in [3.63, 3.8) is 0 Å². The molecule has 144 valence electrons. The normalized spacial score (nSPS) is 25.0. The summed E-state index contributed by atoms with van der Waals surface area (Å²) in [6.45, 7) is 13.9. The maximum absolute atomic E-state index is 3.70. The summed E-state index contributed by atoms with van der Waals surface area (Å²) in [5.74, 6) is 1.21. The number of nitrogens with one attached hydrogen (secondary N) is 2. The highest BCUT2D eigenvalue weighted by Crippen LogP contribution is 2.41. The second-order valence-corrected chi connectivity index (χ2v) is 10.2. The zero-order valence-electron chi connectivity index (χ0n) is 17.7. The summed E-state index contributed by atoms with van der Waals surface area (Å²) in [6, 6.07) is 14.0. The molecule has 2 nitrogen and oxygen atoms in total. The van der Waals surface area contributed by atoms with Crippen LogP contribution in [0.5, 0.6) is 0 Å². The van der Waals surface area contributed by atoms with Crippen molar-refractivity contribution in [1.29, 1.82) is 0 Å². The monoisotopic (exact) mass is 362 g/mol. The molecule has 0 aliphatic carbocycles. The van der Waals surface area contributed by atoms with E-state index < -0.39 is 0 Å². The lowest BCUT2D eigenvalue weighted by atomic mass is 9.80. The van der Waals surface area contributed by atoms with Gasteiger partial charge in [-0.05, 0) is 93.2 Å². The second-order valence-electron chi connectivity index (χ2n) is 10.2. The molecule has 0 radical (unpaired) electrons. The molecule has 2 aromatic carbocycles. The lowest BCUT2D eigenvalue weighted by molar-refractivity contribution is 0.454. The van der Waals surface area contributed by atoms with Crippen LogP contribution in [-0.4, -0.2) is 11.1 Å². The van der Waals surface area contributed by atoms with Gasteiger partial charge in [-0.25, -0.2) is 0 Å². The SMILES string of the molecule is C[C@H]1CC(C)(C)Nc2ccc(Cc3ccc4c(c3)[C@@H](C)CC(C)(C)N4)cc21. The summed E-state index contributed by atoms with van der Waals surface area (Å²) < 4.78 is 0. The standard InChI is InChI=1S/C25H34N2/c1-16-14-24(3,4)26-22-9-7-18(12-20(16)22)11-19-8-10-23-21(13-19)17(2)15-25(5,6)27-23/h7-10,12-13,16-17,26-27H,11,14-15H2,1-6H3/t16-,17-/m0/s1. The highest BCUT2D eigenvalue weighted by molar-refractivity contribution is 5.60. The van der Waals surface area contributed by atoms with Crippen molar-refractivity contribution in [2.24, 2.45) is 0 Å². The summed E-state index contributed by atoms with van der Waals surface area (Å²) >= 11 is 0. The molecule has 0 amide bonds. The third-order valence-corrected chi connectivity index (χ3v) is 6.28. The molecule has 2 atom stereocenters. The Labute approximate surface area is 164 Å². The van der Waals surface area contributed by atoms with Crippen LogP contribution in [-0.2, 0) is 6.42 Å². The number of rotatable bonds is 2. The van der Waals surface area contributed by atoms with E-state index in [1.165, 1.54) is 46.5 Å². The molecule has 0 saturated carbocycles. The van der Waals surface area contributed by atoms with Crippen LogP contribution in [0.2, 0.25) is 0 Å². The van der Waals surface area contributed by atoms with Crippen LogP contribution in [0.3, 0.4) is 0 Å². The lowest BCUT2D eigenvalue weighted by Crippen LogP contribution is -2.36. The van der Waals surface area contributed by atoms with Crippen molar-refractivity contribution >= 4 is 11.4 Å². The van der Waals surface area contributed by atoms with Crippen molar-refractivity contribution in [1.82, 2.24) is 0 Å². The second kappa shape index (κ2) is 6.29. The predicted octanol–water partition coefficient (Wildman–Crippen LogP) is 6.67. The van der Waals surface area contributed by atoms with E-state index >= 15 is 0 Å². The van der Waals surface area contributed by atoms with Gasteiger partial charge in [0.1, 0.15) is 0 Å². The maximum Gasteiger partial charge on any atom is 0.0379 e. The Morgan fingerprint density at radius 3 is 1.56 bits per heavy atom. The van der Waals surface area contributed by atoms with E-state index in [2.05, 4.69) is 88.6 Å². The summed E-state index contributed by atoms with van der Waals surface area (Å²) in [4.78, 5) is 0. The van der Waals surface area contributed by atoms with Gasteiger partial charge in [-0.15, -0.1) is 0 Å². The van der Waals surface area contributed by atoms with Crippen molar-refractivity contribution in [2.75, 3.05) is 10.6 Å². The minimum absolute atomic E-state index is 0.184. The molecule has 0 saturated heterocycles. The highest BCUT2D eigenvalue weighted by Gasteiger charge is 2.30. The van der Waals surface area contributed by atoms with Gasteiger partial charge in [-0.2, -0.15) is 0 Å². The third-order valence-electron chi connectivity index (χ3n) is 6.28. The summed E-state index contributed by atoms with van der Waals surface area (Å²) in [5, 5.41) is 7.41. The molecule has 0 fully saturated rings. The Bertz CT molecular complexity index is 791. The molecule has 2 aliphatic heterocycles. The predicted molar refractivity (Wildman–Crippen MR) is 117 cm³/mol. The molecular weight excluding hydrogens is 328 g/mol. The fourth-order valence-electron chi connectivity index (χ4n) is 5.31. The Balaban J connectivity index is 1.59. The molecule has 2 heterocycles. The number of fused-ring (bicyclic) bond motifs is 2. The highest BCUT2D eigenvalue weighted by atomic mass is 15.0. The first kappa shape index (κ1) is 18.4. The van der Waals surface area contributed by atoms with Gasteiger partial charge in [0, 0.05) is 22.5 Å². The number of hydrogen-bond donors (Lipinski definition) is 2. The van der Waals surface area contributed by atoms with Gasteiger partial charge in [-0.1, -0.05) is 38.1 Å². The van der Waals surface area contributed by atoms with Crippen LogP contribution in [0.25, 0.3) is 0 Å². The van der Waals surface area contributed by atoms with Gasteiger partial charge < -0.3 is 10.6 Å². The average molecular weight is 363 g/mol. The van der Waals surface area contributed by atoms with E-state index in [0.717, 1.165) is 6.42 Å². The Kier molecular flexibility index (Phi) is 4.29. The fraction of sp³-hybridized carbons (Fsp3) is 0.520. The first-order valence-corrected chi connectivity index (χ1v) is 10.4. The average Bonchev–Trinajstić information content (AvgIpc) is 2.54. The van der Waals surface area contributed by atoms with Crippen LogP contribution in [0.15, 0.2) is 36.4 Å². The van der Waals surface area contributed by atoms with E-state index in [1.807, 2.05) is 0 Å². The third kappa shape index (κ3) is 3.72. The molecule has 2 aliphatic rings. The van der Waals surface area contributed by atoms with E-state index in [1.54, 1.807) is 0 Å². The van der Waals surface area contributed by atoms with Crippen LogP contribution in [0.4, 0.5) is 11.4 Å².